The molecule has 1 unspecified atom stereocenters. The summed E-state index contributed by atoms with van der Waals surface area (Å²) in [5.74, 6) is -0.187. The molecule has 2 aromatic rings. The quantitative estimate of drug-likeness (QED) is 0.906. The summed E-state index contributed by atoms with van der Waals surface area (Å²) in [4.78, 5) is 0. The highest BCUT2D eigenvalue weighted by molar-refractivity contribution is 7.14. The van der Waals surface area contributed by atoms with Gasteiger partial charge in [-0.25, -0.2) is 4.39 Å². The van der Waals surface area contributed by atoms with E-state index in [0.29, 0.717) is 5.56 Å². The van der Waals surface area contributed by atoms with E-state index in [-0.39, 0.29) is 11.9 Å². The molecule has 2 rings (SSSR count). The molecule has 1 heterocycles. The molecule has 19 heavy (non-hydrogen) atoms. The first-order valence-corrected chi connectivity index (χ1v) is 7.30. The first kappa shape index (κ1) is 14.1. The van der Waals surface area contributed by atoms with Crippen LogP contribution in [-0.4, -0.2) is 16.7 Å². The largest absolute Gasteiger partial charge is 0.308 e. The summed E-state index contributed by atoms with van der Waals surface area (Å²) >= 11 is 1.57. The Morgan fingerprint density at radius 2 is 2.11 bits per heavy atom. The highest BCUT2D eigenvalue weighted by Crippen LogP contribution is 2.28. The molecule has 0 aliphatic heterocycles. The highest BCUT2D eigenvalue weighted by Gasteiger charge is 2.15. The first-order chi connectivity index (χ1) is 9.15. The summed E-state index contributed by atoms with van der Waals surface area (Å²) in [6.45, 7) is 6.86. The maximum atomic E-state index is 13.3. The Kier molecular flexibility index (Phi) is 4.61. The maximum Gasteiger partial charge on any atom is 0.147 e. The van der Waals surface area contributed by atoms with Gasteiger partial charge in [0.2, 0.25) is 0 Å². The lowest BCUT2D eigenvalue weighted by Crippen LogP contribution is -2.19. The Hall–Kier alpha value is -1.33. The van der Waals surface area contributed by atoms with E-state index >= 15 is 0 Å². The normalized spacial score (nSPS) is 12.6. The molecule has 0 saturated heterocycles. The molecular formula is C14H18FN3S. The van der Waals surface area contributed by atoms with Crippen molar-refractivity contribution in [1.29, 1.82) is 0 Å². The number of benzene rings is 1. The van der Waals surface area contributed by atoms with Gasteiger partial charge in [0.15, 0.2) is 0 Å². The summed E-state index contributed by atoms with van der Waals surface area (Å²) in [5.41, 5.74) is 1.56. The number of hydrogen-bond acceptors (Lipinski definition) is 4. The van der Waals surface area contributed by atoms with Crippen LogP contribution < -0.4 is 5.32 Å². The number of hydrogen-bond donors (Lipinski definition) is 1. The third kappa shape index (κ3) is 3.16. The van der Waals surface area contributed by atoms with Crippen LogP contribution in [0.15, 0.2) is 18.2 Å². The van der Waals surface area contributed by atoms with Crippen LogP contribution in [-0.2, 0) is 0 Å². The van der Waals surface area contributed by atoms with Crippen molar-refractivity contribution in [3.63, 3.8) is 0 Å². The van der Waals surface area contributed by atoms with Crippen LogP contribution in [0.3, 0.4) is 0 Å². The smallest absolute Gasteiger partial charge is 0.147 e. The molecule has 0 saturated carbocycles. The number of rotatable bonds is 5. The monoisotopic (exact) mass is 279 g/mol. The van der Waals surface area contributed by atoms with E-state index < -0.39 is 0 Å². The van der Waals surface area contributed by atoms with Gasteiger partial charge in [-0.3, -0.25) is 0 Å². The van der Waals surface area contributed by atoms with Crippen molar-refractivity contribution in [3.8, 4) is 10.6 Å². The predicted molar refractivity (Wildman–Crippen MR) is 76.7 cm³/mol. The van der Waals surface area contributed by atoms with Crippen molar-refractivity contribution in [2.75, 3.05) is 6.54 Å². The van der Waals surface area contributed by atoms with Crippen LogP contribution in [0.5, 0.6) is 0 Å². The molecule has 0 aliphatic carbocycles. The van der Waals surface area contributed by atoms with Crippen LogP contribution in [0.4, 0.5) is 4.39 Å². The van der Waals surface area contributed by atoms with E-state index in [1.807, 2.05) is 6.07 Å². The second kappa shape index (κ2) is 6.21. The van der Waals surface area contributed by atoms with E-state index in [0.717, 1.165) is 28.5 Å². The minimum absolute atomic E-state index is 0.187. The molecule has 0 fully saturated rings. The standard InChI is InChI=1S/C14H18FN3S/c1-4-12(16-5-2)14-18-17-13(19-14)10-6-7-11(15)9(3)8-10/h6-8,12,16H,4-5H2,1-3H3. The number of aromatic nitrogens is 2. The Balaban J connectivity index is 2.27. The van der Waals surface area contributed by atoms with Gasteiger partial charge < -0.3 is 5.32 Å². The molecule has 0 amide bonds. The third-order valence-corrected chi connectivity index (χ3v) is 4.09. The Morgan fingerprint density at radius 3 is 2.74 bits per heavy atom. The first-order valence-electron chi connectivity index (χ1n) is 6.49. The van der Waals surface area contributed by atoms with Crippen LogP contribution in [0.25, 0.3) is 10.6 Å². The average Bonchev–Trinajstić information content (AvgIpc) is 2.88. The van der Waals surface area contributed by atoms with Crippen molar-refractivity contribution < 1.29 is 4.39 Å². The van der Waals surface area contributed by atoms with Crippen LogP contribution in [0.2, 0.25) is 0 Å². The van der Waals surface area contributed by atoms with Crippen molar-refractivity contribution in [1.82, 2.24) is 15.5 Å². The molecule has 1 N–H and O–H groups in total. The second-order valence-corrected chi connectivity index (χ2v) is 5.44. The molecule has 1 aromatic carbocycles. The zero-order chi connectivity index (χ0) is 13.8. The van der Waals surface area contributed by atoms with Crippen molar-refractivity contribution in [3.05, 3.63) is 34.6 Å². The zero-order valence-corrected chi connectivity index (χ0v) is 12.2. The van der Waals surface area contributed by atoms with Crippen molar-refractivity contribution in [2.24, 2.45) is 0 Å². The summed E-state index contributed by atoms with van der Waals surface area (Å²) < 4.78 is 13.3. The predicted octanol–water partition coefficient (Wildman–Crippen LogP) is 3.71. The van der Waals surface area contributed by atoms with Crippen LogP contribution in [0.1, 0.15) is 36.9 Å². The Labute approximate surface area is 116 Å². The molecule has 3 nitrogen and oxygen atoms in total. The second-order valence-electron chi connectivity index (χ2n) is 4.43. The van der Waals surface area contributed by atoms with Crippen molar-refractivity contribution >= 4 is 11.3 Å². The fourth-order valence-corrected chi connectivity index (χ4v) is 2.92. The summed E-state index contributed by atoms with van der Waals surface area (Å²) in [6, 6.07) is 5.29. The lowest BCUT2D eigenvalue weighted by Gasteiger charge is -2.10. The molecule has 0 bridgehead atoms. The van der Waals surface area contributed by atoms with E-state index in [9.17, 15) is 4.39 Å². The zero-order valence-electron chi connectivity index (χ0n) is 11.4. The fraction of sp³-hybridized carbons (Fsp3) is 0.429. The molecule has 0 aliphatic rings. The SMILES string of the molecule is CCNC(CC)c1nnc(-c2ccc(F)c(C)c2)s1. The summed E-state index contributed by atoms with van der Waals surface area (Å²) in [6.07, 6.45) is 0.977. The Bertz CT molecular complexity index is 553. The minimum Gasteiger partial charge on any atom is -0.308 e. The van der Waals surface area contributed by atoms with Gasteiger partial charge in [-0.2, -0.15) is 0 Å². The van der Waals surface area contributed by atoms with Crippen LogP contribution in [0, 0.1) is 12.7 Å². The number of halogens is 1. The number of nitrogens with one attached hydrogen (secondary N) is 1. The van der Waals surface area contributed by atoms with Gasteiger partial charge in [0.1, 0.15) is 15.8 Å². The van der Waals surface area contributed by atoms with Gasteiger partial charge in [-0.05, 0) is 43.7 Å². The van der Waals surface area contributed by atoms with Gasteiger partial charge in [0.05, 0.1) is 6.04 Å². The summed E-state index contributed by atoms with van der Waals surface area (Å²) in [7, 11) is 0. The highest BCUT2D eigenvalue weighted by atomic mass is 32.1. The van der Waals surface area contributed by atoms with Gasteiger partial charge in [-0.1, -0.05) is 25.2 Å². The van der Waals surface area contributed by atoms with Gasteiger partial charge in [0, 0.05) is 5.56 Å². The molecule has 102 valence electrons. The van der Waals surface area contributed by atoms with Gasteiger partial charge in [0.25, 0.3) is 0 Å². The third-order valence-electron chi connectivity index (χ3n) is 3.00. The van der Waals surface area contributed by atoms with E-state index in [1.165, 1.54) is 6.07 Å². The molecule has 0 radical (unpaired) electrons. The molecule has 1 atom stereocenters. The van der Waals surface area contributed by atoms with Crippen molar-refractivity contribution in [2.45, 2.75) is 33.2 Å². The number of nitrogens with zero attached hydrogens (tertiary/aromatic N) is 2. The van der Waals surface area contributed by atoms with Gasteiger partial charge in [-0.15, -0.1) is 10.2 Å². The lowest BCUT2D eigenvalue weighted by atomic mass is 10.1. The van der Waals surface area contributed by atoms with E-state index in [4.69, 9.17) is 0 Å². The molecule has 1 aromatic heterocycles. The topological polar surface area (TPSA) is 37.8 Å². The molecule has 5 heteroatoms. The lowest BCUT2D eigenvalue weighted by molar-refractivity contribution is 0.531. The van der Waals surface area contributed by atoms with Gasteiger partial charge >= 0.3 is 0 Å². The van der Waals surface area contributed by atoms with E-state index in [2.05, 4.69) is 29.4 Å². The fourth-order valence-electron chi connectivity index (χ4n) is 1.92. The Morgan fingerprint density at radius 1 is 1.32 bits per heavy atom. The summed E-state index contributed by atoms with van der Waals surface area (Å²) in [5, 5.41) is 13.7. The van der Waals surface area contributed by atoms with Crippen LogP contribution >= 0.6 is 11.3 Å². The number of aryl methyl sites for hydroxylation is 1. The molecule has 0 spiro atoms. The minimum atomic E-state index is -0.187. The maximum absolute atomic E-state index is 13.3. The molecular weight excluding hydrogens is 261 g/mol. The average molecular weight is 279 g/mol. The van der Waals surface area contributed by atoms with E-state index in [1.54, 1.807) is 24.3 Å².